The zero-order valence-corrected chi connectivity index (χ0v) is 19.3. The number of nitrogens with one attached hydrogen (secondary N) is 2. The summed E-state index contributed by atoms with van der Waals surface area (Å²) in [7, 11) is 0. The number of aromatic hydroxyl groups is 1. The van der Waals surface area contributed by atoms with Crippen LogP contribution in [-0.4, -0.2) is 26.1 Å². The molecule has 0 saturated heterocycles. The second-order valence-corrected chi connectivity index (χ2v) is 7.79. The van der Waals surface area contributed by atoms with Crippen molar-refractivity contribution in [2.45, 2.75) is 0 Å². The first-order chi connectivity index (χ1) is 18.2. The summed E-state index contributed by atoms with van der Waals surface area (Å²) in [4.78, 5) is 36.7. The zero-order valence-electron chi connectivity index (χ0n) is 19.3. The fraction of sp³-hybridized carbons (Fsp3) is 0. The third kappa shape index (κ3) is 5.68. The standard InChI is InChI=1S/C25H18N6O7/c32-25-11-10-18(29(33)34)12-16(25)15-26-19-8-4-5-9-20(19)28-22-13-21(27-17-6-2-1-3-7-17)23(30(35)36)14-24(22)31(37)38/h1-15,27-28,32H. The molecule has 0 aliphatic carbocycles. The largest absolute Gasteiger partial charge is 0.507 e. The SMILES string of the molecule is O=[N+]([O-])c1ccc(O)c(C=Nc2ccccc2Nc2cc(Nc3ccccc3)c([N+](=O)[O-])cc2[N+](=O)[O-])c1. The lowest BCUT2D eigenvalue weighted by Gasteiger charge is -2.13. The second-order valence-electron chi connectivity index (χ2n) is 7.79. The zero-order chi connectivity index (χ0) is 27.2. The lowest BCUT2D eigenvalue weighted by Crippen LogP contribution is -2.03. The van der Waals surface area contributed by atoms with Gasteiger partial charge in [-0.3, -0.25) is 35.3 Å². The molecule has 0 radical (unpaired) electrons. The third-order valence-corrected chi connectivity index (χ3v) is 5.30. The molecule has 0 amide bonds. The molecule has 0 bridgehead atoms. The fourth-order valence-corrected chi connectivity index (χ4v) is 3.49. The minimum Gasteiger partial charge on any atom is -0.507 e. The Morgan fingerprint density at radius 3 is 1.97 bits per heavy atom. The molecule has 0 spiro atoms. The van der Waals surface area contributed by atoms with Gasteiger partial charge in [0.2, 0.25) is 0 Å². The average Bonchev–Trinajstić information content (AvgIpc) is 2.89. The Kier molecular flexibility index (Phi) is 7.19. The lowest BCUT2D eigenvalue weighted by molar-refractivity contribution is -0.393. The molecule has 0 aromatic heterocycles. The van der Waals surface area contributed by atoms with E-state index in [1.807, 2.05) is 0 Å². The van der Waals surface area contributed by atoms with Gasteiger partial charge in [0, 0.05) is 29.6 Å². The number of benzene rings is 4. The van der Waals surface area contributed by atoms with Crippen LogP contribution in [0, 0.1) is 30.3 Å². The summed E-state index contributed by atoms with van der Waals surface area (Å²) in [6, 6.07) is 20.6. The number of para-hydroxylation sites is 3. The van der Waals surface area contributed by atoms with Gasteiger partial charge in [-0.05, 0) is 36.4 Å². The van der Waals surface area contributed by atoms with Gasteiger partial charge in [-0.15, -0.1) is 0 Å². The van der Waals surface area contributed by atoms with Crippen molar-refractivity contribution in [3.05, 3.63) is 121 Å². The molecular weight excluding hydrogens is 496 g/mol. The number of nitro benzene ring substituents is 3. The molecule has 4 aromatic carbocycles. The van der Waals surface area contributed by atoms with Gasteiger partial charge in [0.25, 0.3) is 17.1 Å². The Morgan fingerprint density at radius 1 is 0.684 bits per heavy atom. The smallest absolute Gasteiger partial charge is 0.299 e. The van der Waals surface area contributed by atoms with E-state index in [1.54, 1.807) is 54.6 Å². The number of phenolic OH excluding ortho intramolecular Hbond substituents is 1. The van der Waals surface area contributed by atoms with E-state index in [9.17, 15) is 35.4 Å². The second kappa shape index (κ2) is 10.8. The van der Waals surface area contributed by atoms with Crippen molar-refractivity contribution in [1.29, 1.82) is 0 Å². The highest BCUT2D eigenvalue weighted by atomic mass is 16.6. The van der Waals surface area contributed by atoms with E-state index in [0.29, 0.717) is 11.4 Å². The molecule has 0 aliphatic heterocycles. The predicted molar refractivity (Wildman–Crippen MR) is 141 cm³/mol. The van der Waals surface area contributed by atoms with Crippen molar-refractivity contribution in [3.8, 4) is 5.75 Å². The first kappa shape index (κ1) is 25.2. The van der Waals surface area contributed by atoms with Crippen LogP contribution in [0.1, 0.15) is 5.56 Å². The lowest BCUT2D eigenvalue weighted by atomic mass is 10.1. The number of aliphatic imine (C=N–C) groups is 1. The number of anilines is 4. The van der Waals surface area contributed by atoms with E-state index in [2.05, 4.69) is 15.6 Å². The molecule has 0 aliphatic rings. The molecule has 4 rings (SSSR count). The van der Waals surface area contributed by atoms with E-state index < -0.39 is 26.1 Å². The maximum Gasteiger partial charge on any atom is 0.299 e. The highest BCUT2D eigenvalue weighted by Gasteiger charge is 2.25. The van der Waals surface area contributed by atoms with Crippen LogP contribution in [0.4, 0.5) is 45.5 Å². The molecule has 13 heteroatoms. The van der Waals surface area contributed by atoms with Gasteiger partial charge >= 0.3 is 0 Å². The third-order valence-electron chi connectivity index (χ3n) is 5.30. The van der Waals surface area contributed by atoms with Gasteiger partial charge in [0.1, 0.15) is 17.1 Å². The van der Waals surface area contributed by atoms with Gasteiger partial charge in [-0.2, -0.15) is 0 Å². The maximum atomic E-state index is 11.8. The molecule has 0 fully saturated rings. The number of nitro groups is 3. The molecule has 3 N–H and O–H groups in total. The van der Waals surface area contributed by atoms with Crippen LogP contribution in [0.25, 0.3) is 0 Å². The summed E-state index contributed by atoms with van der Waals surface area (Å²) >= 11 is 0. The topological polar surface area (TPSA) is 186 Å². The molecular formula is C25H18N6O7. The van der Waals surface area contributed by atoms with Crippen molar-refractivity contribution >= 4 is 51.7 Å². The van der Waals surface area contributed by atoms with Crippen LogP contribution in [-0.2, 0) is 0 Å². The average molecular weight is 514 g/mol. The number of nitrogens with zero attached hydrogens (tertiary/aromatic N) is 4. The quantitative estimate of drug-likeness (QED) is 0.130. The monoisotopic (exact) mass is 514 g/mol. The molecule has 13 nitrogen and oxygen atoms in total. The van der Waals surface area contributed by atoms with Gasteiger partial charge in [-0.25, -0.2) is 0 Å². The van der Waals surface area contributed by atoms with Crippen LogP contribution in [0.3, 0.4) is 0 Å². The minimum atomic E-state index is -0.741. The first-order valence-corrected chi connectivity index (χ1v) is 10.9. The Morgan fingerprint density at radius 2 is 1.32 bits per heavy atom. The molecule has 190 valence electrons. The summed E-state index contributed by atoms with van der Waals surface area (Å²) in [5.41, 5.74) is -0.0713. The Balaban J connectivity index is 1.74. The van der Waals surface area contributed by atoms with Crippen molar-refractivity contribution < 1.29 is 19.9 Å². The first-order valence-electron chi connectivity index (χ1n) is 10.9. The van der Waals surface area contributed by atoms with Crippen LogP contribution >= 0.6 is 0 Å². The number of rotatable bonds is 9. The Bertz CT molecular complexity index is 1570. The van der Waals surface area contributed by atoms with Crippen LogP contribution in [0.5, 0.6) is 5.75 Å². The maximum absolute atomic E-state index is 11.8. The van der Waals surface area contributed by atoms with Gasteiger partial charge in [-0.1, -0.05) is 30.3 Å². The number of non-ortho nitro benzene ring substituents is 1. The van der Waals surface area contributed by atoms with E-state index in [-0.39, 0.29) is 34.1 Å². The minimum absolute atomic E-state index is 0.0248. The number of hydrogen-bond donors (Lipinski definition) is 3. The molecule has 0 heterocycles. The van der Waals surface area contributed by atoms with Crippen molar-refractivity contribution in [2.75, 3.05) is 10.6 Å². The number of hydrogen-bond acceptors (Lipinski definition) is 10. The van der Waals surface area contributed by atoms with Crippen molar-refractivity contribution in [2.24, 2.45) is 4.99 Å². The predicted octanol–water partition coefficient (Wildman–Crippen LogP) is 6.35. The summed E-state index contributed by atoms with van der Waals surface area (Å²) in [5.74, 6) is -0.229. The van der Waals surface area contributed by atoms with E-state index in [1.165, 1.54) is 18.3 Å². The summed E-state index contributed by atoms with van der Waals surface area (Å²) in [5, 5.41) is 50.4. The normalized spacial score (nSPS) is 10.7. The van der Waals surface area contributed by atoms with Crippen molar-refractivity contribution in [1.82, 2.24) is 0 Å². The highest BCUT2D eigenvalue weighted by molar-refractivity contribution is 5.89. The molecule has 0 unspecified atom stereocenters. The number of phenols is 1. The summed E-state index contributed by atoms with van der Waals surface area (Å²) < 4.78 is 0. The van der Waals surface area contributed by atoms with Crippen LogP contribution < -0.4 is 10.6 Å². The molecule has 0 atom stereocenters. The van der Waals surface area contributed by atoms with Gasteiger partial charge < -0.3 is 15.7 Å². The molecule has 0 saturated carbocycles. The molecule has 4 aromatic rings. The summed E-state index contributed by atoms with van der Waals surface area (Å²) in [6.45, 7) is 0. The van der Waals surface area contributed by atoms with E-state index >= 15 is 0 Å². The highest BCUT2D eigenvalue weighted by Crippen LogP contribution is 2.40. The van der Waals surface area contributed by atoms with Crippen LogP contribution in [0.2, 0.25) is 0 Å². The van der Waals surface area contributed by atoms with Gasteiger partial charge in [0.05, 0.1) is 32.2 Å². The van der Waals surface area contributed by atoms with Gasteiger partial charge in [0.15, 0.2) is 0 Å². The fourth-order valence-electron chi connectivity index (χ4n) is 3.49. The summed E-state index contributed by atoms with van der Waals surface area (Å²) in [6.07, 6.45) is 1.22. The Labute approximate surface area is 214 Å². The van der Waals surface area contributed by atoms with Crippen LogP contribution in [0.15, 0.2) is 89.9 Å². The van der Waals surface area contributed by atoms with E-state index in [4.69, 9.17) is 0 Å². The van der Waals surface area contributed by atoms with E-state index in [0.717, 1.165) is 18.2 Å². The molecule has 38 heavy (non-hydrogen) atoms. The van der Waals surface area contributed by atoms with Crippen molar-refractivity contribution in [3.63, 3.8) is 0 Å². The Hall–Kier alpha value is -5.85.